The molecule has 162 valence electrons. The van der Waals surface area contributed by atoms with Crippen molar-refractivity contribution in [2.24, 2.45) is 10.9 Å². The summed E-state index contributed by atoms with van der Waals surface area (Å²) in [6, 6.07) is 11.1. The van der Waals surface area contributed by atoms with E-state index in [0.29, 0.717) is 6.04 Å². The molecule has 0 spiro atoms. The number of rotatable bonds is 8. The molecule has 5 nitrogen and oxygen atoms in total. The number of piperidine rings is 1. The van der Waals surface area contributed by atoms with Crippen molar-refractivity contribution in [3.63, 3.8) is 0 Å². The highest BCUT2D eigenvalue weighted by molar-refractivity contribution is 5.80. The van der Waals surface area contributed by atoms with Crippen LogP contribution >= 0.6 is 0 Å². The third-order valence-electron chi connectivity index (χ3n) is 6.27. The third-order valence-corrected chi connectivity index (χ3v) is 6.27. The van der Waals surface area contributed by atoms with Gasteiger partial charge < -0.3 is 15.5 Å². The fraction of sp³-hybridized carbons (Fsp3) is 0.667. The van der Waals surface area contributed by atoms with Crippen LogP contribution in [0.1, 0.15) is 65.9 Å². The van der Waals surface area contributed by atoms with Gasteiger partial charge in [-0.3, -0.25) is 9.79 Å². The van der Waals surface area contributed by atoms with Gasteiger partial charge in [0.25, 0.3) is 0 Å². The van der Waals surface area contributed by atoms with Crippen molar-refractivity contribution in [3.05, 3.63) is 35.9 Å². The van der Waals surface area contributed by atoms with E-state index in [4.69, 9.17) is 4.99 Å². The predicted octanol–water partition coefficient (Wildman–Crippen LogP) is 3.95. The monoisotopic (exact) mass is 400 g/mol. The standard InChI is InChI=1S/C24H40N4O/c1-6-24(7-2,20-12-10-9-11-13-20)18-26-23(25-8-3)27-21-14-16-28(17-15-21)22(29)19(4)5/h9-13,19,21H,6-8,14-18H2,1-5H3,(H2,25,26,27). The predicted molar refractivity (Wildman–Crippen MR) is 122 cm³/mol. The Morgan fingerprint density at radius 2 is 1.76 bits per heavy atom. The van der Waals surface area contributed by atoms with Crippen LogP contribution in [0.25, 0.3) is 0 Å². The lowest BCUT2D eigenvalue weighted by atomic mass is 9.76. The number of nitrogens with one attached hydrogen (secondary N) is 2. The van der Waals surface area contributed by atoms with E-state index in [0.717, 1.165) is 57.8 Å². The van der Waals surface area contributed by atoms with Gasteiger partial charge in [0.15, 0.2) is 5.96 Å². The molecule has 5 heteroatoms. The second-order valence-electron chi connectivity index (χ2n) is 8.45. The Morgan fingerprint density at radius 1 is 1.14 bits per heavy atom. The molecular weight excluding hydrogens is 360 g/mol. The van der Waals surface area contributed by atoms with Crippen LogP contribution in [-0.2, 0) is 10.2 Å². The molecule has 1 aromatic carbocycles. The molecule has 1 aliphatic rings. The average molecular weight is 401 g/mol. The zero-order valence-electron chi connectivity index (χ0n) is 19.0. The Bertz CT molecular complexity index is 644. The lowest BCUT2D eigenvalue weighted by molar-refractivity contribution is -0.135. The molecule has 1 heterocycles. The number of benzene rings is 1. The maximum atomic E-state index is 12.2. The quantitative estimate of drug-likeness (QED) is 0.513. The van der Waals surface area contributed by atoms with E-state index >= 15 is 0 Å². The molecule has 0 atom stereocenters. The molecule has 0 bridgehead atoms. The first-order chi connectivity index (χ1) is 14.0. The number of aliphatic imine (C=N–C) groups is 1. The average Bonchev–Trinajstić information content (AvgIpc) is 2.75. The highest BCUT2D eigenvalue weighted by Gasteiger charge is 2.29. The molecule has 29 heavy (non-hydrogen) atoms. The third kappa shape index (κ3) is 6.22. The van der Waals surface area contributed by atoms with Gasteiger partial charge in [0.05, 0.1) is 6.54 Å². The minimum absolute atomic E-state index is 0.0661. The molecule has 1 saturated heterocycles. The van der Waals surface area contributed by atoms with Crippen LogP contribution < -0.4 is 10.6 Å². The summed E-state index contributed by atoms with van der Waals surface area (Å²) in [6.07, 6.45) is 4.06. The number of likely N-dealkylation sites (tertiary alicyclic amines) is 1. The van der Waals surface area contributed by atoms with E-state index < -0.39 is 0 Å². The minimum Gasteiger partial charge on any atom is -0.357 e. The molecule has 1 aliphatic heterocycles. The number of hydrogen-bond donors (Lipinski definition) is 2. The number of nitrogens with zero attached hydrogens (tertiary/aromatic N) is 2. The van der Waals surface area contributed by atoms with Crippen LogP contribution in [0.5, 0.6) is 0 Å². The van der Waals surface area contributed by atoms with Crippen LogP contribution in [0.3, 0.4) is 0 Å². The number of carbonyl (C=O) groups excluding carboxylic acids is 1. The van der Waals surface area contributed by atoms with Crippen molar-refractivity contribution in [1.82, 2.24) is 15.5 Å². The minimum atomic E-state index is 0.0661. The van der Waals surface area contributed by atoms with E-state index in [-0.39, 0.29) is 17.2 Å². The molecule has 2 N–H and O–H groups in total. The van der Waals surface area contributed by atoms with Crippen LogP contribution in [0, 0.1) is 5.92 Å². The summed E-state index contributed by atoms with van der Waals surface area (Å²) in [6.45, 7) is 13.8. The zero-order valence-corrected chi connectivity index (χ0v) is 19.0. The Morgan fingerprint density at radius 3 is 2.28 bits per heavy atom. The maximum absolute atomic E-state index is 12.2. The summed E-state index contributed by atoms with van der Waals surface area (Å²) < 4.78 is 0. The first-order valence-corrected chi connectivity index (χ1v) is 11.3. The van der Waals surface area contributed by atoms with E-state index in [1.54, 1.807) is 0 Å². The van der Waals surface area contributed by atoms with Gasteiger partial charge in [0.1, 0.15) is 0 Å². The molecule has 0 radical (unpaired) electrons. The summed E-state index contributed by atoms with van der Waals surface area (Å²) in [5, 5.41) is 7.03. The lowest BCUT2D eigenvalue weighted by Crippen LogP contribution is -2.50. The van der Waals surface area contributed by atoms with Crippen molar-refractivity contribution < 1.29 is 4.79 Å². The van der Waals surface area contributed by atoms with Crippen molar-refractivity contribution >= 4 is 11.9 Å². The number of amides is 1. The fourth-order valence-corrected chi connectivity index (χ4v) is 4.12. The van der Waals surface area contributed by atoms with Crippen LogP contribution in [0.15, 0.2) is 35.3 Å². The Kier molecular flexibility index (Phi) is 8.99. The van der Waals surface area contributed by atoms with Gasteiger partial charge in [-0.15, -0.1) is 0 Å². The van der Waals surface area contributed by atoms with Gasteiger partial charge in [-0.1, -0.05) is 58.0 Å². The fourth-order valence-electron chi connectivity index (χ4n) is 4.12. The second kappa shape index (κ2) is 11.2. The molecule has 0 aromatic heterocycles. The van der Waals surface area contributed by atoms with Crippen molar-refractivity contribution in [2.75, 3.05) is 26.2 Å². The molecule has 0 unspecified atom stereocenters. The molecule has 0 saturated carbocycles. The van der Waals surface area contributed by atoms with Crippen LogP contribution in [0.2, 0.25) is 0 Å². The molecule has 2 rings (SSSR count). The van der Waals surface area contributed by atoms with E-state index in [2.05, 4.69) is 61.7 Å². The first kappa shape index (κ1) is 23.2. The van der Waals surface area contributed by atoms with Crippen molar-refractivity contribution in [1.29, 1.82) is 0 Å². The SMILES string of the molecule is CCNC(=NCC(CC)(CC)c1ccccc1)NC1CCN(C(=O)C(C)C)CC1. The summed E-state index contributed by atoms with van der Waals surface area (Å²) in [5.41, 5.74) is 1.43. The van der Waals surface area contributed by atoms with Gasteiger partial charge in [-0.25, -0.2) is 0 Å². The Labute approximate surface area is 177 Å². The normalized spacial score (nSPS) is 16.2. The van der Waals surface area contributed by atoms with E-state index in [1.165, 1.54) is 5.56 Å². The first-order valence-electron chi connectivity index (χ1n) is 11.3. The van der Waals surface area contributed by atoms with Gasteiger partial charge in [-0.2, -0.15) is 0 Å². The van der Waals surface area contributed by atoms with Gasteiger partial charge >= 0.3 is 0 Å². The summed E-state index contributed by atoms with van der Waals surface area (Å²) in [7, 11) is 0. The van der Waals surface area contributed by atoms with Crippen LogP contribution in [-0.4, -0.2) is 49.0 Å². The number of hydrogen-bond acceptors (Lipinski definition) is 2. The maximum Gasteiger partial charge on any atom is 0.225 e. The topological polar surface area (TPSA) is 56.7 Å². The lowest BCUT2D eigenvalue weighted by Gasteiger charge is -2.34. The molecule has 1 aromatic rings. The summed E-state index contributed by atoms with van der Waals surface area (Å²) >= 11 is 0. The van der Waals surface area contributed by atoms with Crippen LogP contribution in [0.4, 0.5) is 0 Å². The molecular formula is C24H40N4O. The molecule has 1 amide bonds. The molecule has 0 aliphatic carbocycles. The Balaban J connectivity index is 2.03. The Hall–Kier alpha value is -2.04. The van der Waals surface area contributed by atoms with Crippen molar-refractivity contribution in [3.8, 4) is 0 Å². The summed E-state index contributed by atoms with van der Waals surface area (Å²) in [4.78, 5) is 19.2. The van der Waals surface area contributed by atoms with Crippen molar-refractivity contribution in [2.45, 2.75) is 71.8 Å². The largest absolute Gasteiger partial charge is 0.357 e. The number of guanidine groups is 1. The summed E-state index contributed by atoms with van der Waals surface area (Å²) in [5.74, 6) is 1.23. The second-order valence-corrected chi connectivity index (χ2v) is 8.45. The zero-order chi connectivity index (χ0) is 21.3. The molecule has 1 fully saturated rings. The van der Waals surface area contributed by atoms with Gasteiger partial charge in [-0.05, 0) is 38.2 Å². The smallest absolute Gasteiger partial charge is 0.225 e. The van der Waals surface area contributed by atoms with Gasteiger partial charge in [0, 0.05) is 37.0 Å². The van der Waals surface area contributed by atoms with Gasteiger partial charge in [0.2, 0.25) is 5.91 Å². The highest BCUT2D eigenvalue weighted by Crippen LogP contribution is 2.32. The van der Waals surface area contributed by atoms with E-state index in [9.17, 15) is 4.79 Å². The van der Waals surface area contributed by atoms with E-state index in [1.807, 2.05) is 18.7 Å². The number of carbonyl (C=O) groups is 1. The highest BCUT2D eigenvalue weighted by atomic mass is 16.2.